The first-order chi connectivity index (χ1) is 11.4. The Morgan fingerprint density at radius 1 is 0.522 bits per heavy atom. The Balaban J connectivity index is 2.96. The molecule has 0 radical (unpaired) electrons. The lowest BCUT2D eigenvalue weighted by Crippen LogP contribution is -1.88. The van der Waals surface area contributed by atoms with Crippen molar-refractivity contribution in [1.29, 1.82) is 0 Å². The molecule has 0 fully saturated rings. The van der Waals surface area contributed by atoms with Crippen molar-refractivity contribution in [3.63, 3.8) is 0 Å². The molecular formula is C22H44O. The van der Waals surface area contributed by atoms with Crippen LogP contribution in [-0.2, 0) is 4.74 Å². The first-order valence-electron chi connectivity index (χ1n) is 10.7. The highest BCUT2D eigenvalue weighted by Crippen LogP contribution is 2.13. The minimum Gasteiger partial charge on any atom is -0.502 e. The van der Waals surface area contributed by atoms with Crippen LogP contribution >= 0.6 is 0 Å². The Kier molecular flexibility index (Phi) is 21.1. The fourth-order valence-corrected chi connectivity index (χ4v) is 2.97. The number of unbranched alkanes of at least 4 members (excludes halogenated alkanes) is 15. The van der Waals surface area contributed by atoms with Gasteiger partial charge in [0.1, 0.15) is 0 Å². The zero-order valence-corrected chi connectivity index (χ0v) is 16.3. The Morgan fingerprint density at radius 2 is 0.913 bits per heavy atom. The predicted octanol–water partition coefficient (Wildman–Crippen LogP) is 8.19. The fourth-order valence-electron chi connectivity index (χ4n) is 2.97. The third-order valence-electron chi connectivity index (χ3n) is 4.54. The topological polar surface area (TPSA) is 9.23 Å². The van der Waals surface area contributed by atoms with Gasteiger partial charge in [0, 0.05) is 0 Å². The van der Waals surface area contributed by atoms with Crippen molar-refractivity contribution in [3.05, 3.63) is 12.3 Å². The zero-order chi connectivity index (χ0) is 16.8. The summed E-state index contributed by atoms with van der Waals surface area (Å²) in [6, 6.07) is 0. The van der Waals surface area contributed by atoms with Crippen LogP contribution in [0.15, 0.2) is 12.3 Å². The van der Waals surface area contributed by atoms with Crippen molar-refractivity contribution in [2.24, 2.45) is 0 Å². The maximum Gasteiger partial charge on any atom is 0.0873 e. The second kappa shape index (κ2) is 21.5. The molecule has 0 atom stereocenters. The lowest BCUT2D eigenvalue weighted by atomic mass is 10.0. The van der Waals surface area contributed by atoms with Crippen molar-refractivity contribution in [2.45, 2.75) is 123 Å². The van der Waals surface area contributed by atoms with Gasteiger partial charge in [0.25, 0.3) is 0 Å². The van der Waals surface area contributed by atoms with Crippen LogP contribution in [0.2, 0.25) is 0 Å². The summed E-state index contributed by atoms with van der Waals surface area (Å²) in [7, 11) is 0. The quantitative estimate of drug-likeness (QED) is 0.172. The molecule has 0 heterocycles. The molecule has 1 nitrogen and oxygen atoms in total. The Bertz CT molecular complexity index is 222. The number of ether oxygens (including phenoxy) is 1. The Labute approximate surface area is 147 Å². The van der Waals surface area contributed by atoms with Crippen molar-refractivity contribution in [1.82, 2.24) is 0 Å². The predicted molar refractivity (Wildman–Crippen MR) is 105 cm³/mol. The van der Waals surface area contributed by atoms with Gasteiger partial charge in [-0.3, -0.25) is 0 Å². The molecule has 0 saturated heterocycles. The van der Waals surface area contributed by atoms with Gasteiger partial charge in [0.2, 0.25) is 0 Å². The molecule has 23 heavy (non-hydrogen) atoms. The highest BCUT2D eigenvalue weighted by Gasteiger charge is 1.94. The van der Waals surface area contributed by atoms with Gasteiger partial charge in [-0.1, -0.05) is 116 Å². The van der Waals surface area contributed by atoms with E-state index in [-0.39, 0.29) is 0 Å². The molecule has 0 aromatic rings. The number of rotatable bonds is 19. The summed E-state index contributed by atoms with van der Waals surface area (Å²) in [4.78, 5) is 0. The third kappa shape index (κ3) is 21.5. The van der Waals surface area contributed by atoms with E-state index in [1.54, 1.807) is 0 Å². The van der Waals surface area contributed by atoms with E-state index in [9.17, 15) is 0 Å². The molecular weight excluding hydrogens is 280 g/mol. The second-order valence-electron chi connectivity index (χ2n) is 6.95. The first-order valence-corrected chi connectivity index (χ1v) is 10.7. The van der Waals surface area contributed by atoms with Crippen molar-refractivity contribution in [3.8, 4) is 0 Å². The third-order valence-corrected chi connectivity index (χ3v) is 4.54. The summed E-state index contributed by atoms with van der Waals surface area (Å²) in [5.74, 6) is 0. The summed E-state index contributed by atoms with van der Waals surface area (Å²) in [6.07, 6.45) is 27.8. The van der Waals surface area contributed by atoms with Gasteiger partial charge in [-0.25, -0.2) is 0 Å². The average Bonchev–Trinajstić information content (AvgIpc) is 2.57. The largest absolute Gasteiger partial charge is 0.502 e. The highest BCUT2D eigenvalue weighted by atomic mass is 16.5. The van der Waals surface area contributed by atoms with Crippen LogP contribution in [0.25, 0.3) is 0 Å². The van der Waals surface area contributed by atoms with E-state index in [0.29, 0.717) is 0 Å². The first kappa shape index (κ1) is 22.5. The molecule has 0 aliphatic carbocycles. The monoisotopic (exact) mass is 324 g/mol. The number of hydrogen-bond donors (Lipinski definition) is 0. The summed E-state index contributed by atoms with van der Waals surface area (Å²) >= 11 is 0. The molecule has 0 amide bonds. The van der Waals surface area contributed by atoms with Gasteiger partial charge in [0.05, 0.1) is 12.9 Å². The van der Waals surface area contributed by atoms with Crippen LogP contribution in [0.3, 0.4) is 0 Å². The highest BCUT2D eigenvalue weighted by molar-refractivity contribution is 4.70. The molecule has 0 N–H and O–H groups in total. The van der Waals surface area contributed by atoms with Crippen LogP contribution in [-0.4, -0.2) is 6.61 Å². The van der Waals surface area contributed by atoms with Gasteiger partial charge >= 0.3 is 0 Å². The van der Waals surface area contributed by atoms with Crippen LogP contribution < -0.4 is 0 Å². The maximum atomic E-state index is 5.41. The van der Waals surface area contributed by atoms with Gasteiger partial charge in [-0.15, -0.1) is 0 Å². The van der Waals surface area contributed by atoms with Crippen LogP contribution in [0.1, 0.15) is 123 Å². The van der Waals surface area contributed by atoms with E-state index in [1.807, 2.05) is 6.26 Å². The standard InChI is InChI=1S/C22H44O/c1-3-5-7-8-9-10-11-12-13-14-15-16-17-18-19-20-22-23-21-6-4-2/h6,21H,3-5,7-20,22H2,1-2H3. The molecule has 0 bridgehead atoms. The smallest absolute Gasteiger partial charge is 0.0873 e. The fraction of sp³-hybridized carbons (Fsp3) is 0.909. The van der Waals surface area contributed by atoms with Crippen LogP contribution in [0.5, 0.6) is 0 Å². The molecule has 0 aromatic carbocycles. The molecule has 0 aliphatic rings. The lowest BCUT2D eigenvalue weighted by molar-refractivity contribution is 0.239. The van der Waals surface area contributed by atoms with Crippen molar-refractivity contribution < 1.29 is 4.74 Å². The molecule has 0 aromatic heterocycles. The molecule has 1 heteroatoms. The van der Waals surface area contributed by atoms with Gasteiger partial charge in [0.15, 0.2) is 0 Å². The minimum absolute atomic E-state index is 0.898. The van der Waals surface area contributed by atoms with Gasteiger partial charge in [-0.2, -0.15) is 0 Å². The van der Waals surface area contributed by atoms with Crippen LogP contribution in [0, 0.1) is 0 Å². The SMILES string of the molecule is CCC=COCCCCCCCCCCCCCCCCCC. The molecule has 0 saturated carbocycles. The van der Waals surface area contributed by atoms with E-state index in [0.717, 1.165) is 13.0 Å². The molecule has 138 valence electrons. The average molecular weight is 325 g/mol. The second-order valence-corrected chi connectivity index (χ2v) is 6.95. The molecule has 0 rings (SSSR count). The van der Waals surface area contributed by atoms with Gasteiger partial charge in [-0.05, 0) is 12.8 Å². The maximum absolute atomic E-state index is 5.41. The summed E-state index contributed by atoms with van der Waals surface area (Å²) in [5.41, 5.74) is 0. The van der Waals surface area contributed by atoms with E-state index in [1.165, 1.54) is 103 Å². The van der Waals surface area contributed by atoms with Crippen LogP contribution in [0.4, 0.5) is 0 Å². The van der Waals surface area contributed by atoms with Gasteiger partial charge < -0.3 is 4.74 Å². The molecule has 0 aliphatic heterocycles. The van der Waals surface area contributed by atoms with E-state index in [2.05, 4.69) is 19.9 Å². The minimum atomic E-state index is 0.898. The van der Waals surface area contributed by atoms with E-state index in [4.69, 9.17) is 4.74 Å². The summed E-state index contributed by atoms with van der Waals surface area (Å²) in [5, 5.41) is 0. The number of hydrogen-bond acceptors (Lipinski definition) is 1. The Hall–Kier alpha value is -0.460. The molecule has 0 unspecified atom stereocenters. The Morgan fingerprint density at radius 3 is 1.30 bits per heavy atom. The van der Waals surface area contributed by atoms with E-state index >= 15 is 0 Å². The normalized spacial score (nSPS) is 11.4. The summed E-state index contributed by atoms with van der Waals surface area (Å²) in [6.45, 7) is 5.32. The molecule has 0 spiro atoms. The summed E-state index contributed by atoms with van der Waals surface area (Å²) < 4.78 is 5.41. The lowest BCUT2D eigenvalue weighted by Gasteiger charge is -2.04. The zero-order valence-electron chi connectivity index (χ0n) is 16.3. The number of allylic oxidation sites excluding steroid dienone is 1. The van der Waals surface area contributed by atoms with Crippen molar-refractivity contribution >= 4 is 0 Å². The van der Waals surface area contributed by atoms with Crippen molar-refractivity contribution in [2.75, 3.05) is 6.61 Å². The van der Waals surface area contributed by atoms with E-state index < -0.39 is 0 Å².